The van der Waals surface area contributed by atoms with Gasteiger partial charge in [0.25, 0.3) is 0 Å². The van der Waals surface area contributed by atoms with E-state index in [0.29, 0.717) is 17.8 Å². The molecule has 10 nitrogen and oxygen atoms in total. The number of amides is 5. The molecule has 1 atom stereocenters. The van der Waals surface area contributed by atoms with E-state index < -0.39 is 6.04 Å². The zero-order chi connectivity index (χ0) is 24.3. The average molecular weight is 475 g/mol. The van der Waals surface area contributed by atoms with Gasteiger partial charge in [-0.15, -0.1) is 0 Å². The van der Waals surface area contributed by atoms with Gasteiger partial charge < -0.3 is 15.5 Å². The molecule has 33 heavy (non-hydrogen) atoms. The van der Waals surface area contributed by atoms with Crippen LogP contribution in [0.1, 0.15) is 37.2 Å². The molecule has 0 saturated carbocycles. The Hall–Kier alpha value is -3.40. The lowest BCUT2D eigenvalue weighted by Crippen LogP contribution is -2.32. The van der Waals surface area contributed by atoms with Crippen molar-refractivity contribution >= 4 is 46.7 Å². The van der Waals surface area contributed by atoms with E-state index in [9.17, 15) is 19.2 Å². The lowest BCUT2D eigenvalue weighted by atomic mass is 10.2. The topological polar surface area (TPSA) is 117 Å². The number of imide groups is 1. The number of carbonyl (C=O) groups excluding carboxylic acids is 4. The van der Waals surface area contributed by atoms with Gasteiger partial charge in [-0.25, -0.2) is 4.79 Å². The number of benzene rings is 1. The zero-order valence-corrected chi connectivity index (χ0v) is 19.8. The van der Waals surface area contributed by atoms with Crippen molar-refractivity contribution in [1.82, 2.24) is 19.6 Å². The van der Waals surface area contributed by atoms with Gasteiger partial charge in [0.1, 0.15) is 12.6 Å². The fourth-order valence-corrected chi connectivity index (χ4v) is 3.82. The van der Waals surface area contributed by atoms with Gasteiger partial charge in [0.15, 0.2) is 0 Å². The Kier molecular flexibility index (Phi) is 7.37. The van der Waals surface area contributed by atoms with E-state index >= 15 is 0 Å². The molecule has 1 fully saturated rings. The Morgan fingerprint density at radius 3 is 2.48 bits per heavy atom. The largest absolute Gasteiger partial charge is 0.326 e. The number of rotatable bonds is 8. The second-order valence-electron chi connectivity index (χ2n) is 8.07. The Labute approximate surface area is 196 Å². The molecule has 3 rings (SSSR count). The second-order valence-corrected chi connectivity index (χ2v) is 8.47. The number of aromatic nitrogens is 2. The van der Waals surface area contributed by atoms with Gasteiger partial charge in [0, 0.05) is 31.4 Å². The van der Waals surface area contributed by atoms with E-state index in [1.54, 1.807) is 36.9 Å². The molecule has 1 aromatic carbocycles. The summed E-state index contributed by atoms with van der Waals surface area (Å²) in [6.07, 6.45) is 0.486. The smallest absolute Gasteiger partial charge is 0.326 e. The third kappa shape index (κ3) is 5.70. The van der Waals surface area contributed by atoms with E-state index in [2.05, 4.69) is 15.7 Å². The van der Waals surface area contributed by atoms with Gasteiger partial charge in [-0.2, -0.15) is 5.10 Å². The van der Waals surface area contributed by atoms with Crippen LogP contribution in [-0.4, -0.2) is 63.5 Å². The quantitative estimate of drug-likeness (QED) is 0.570. The molecular weight excluding hydrogens is 448 g/mol. The number of halogens is 1. The van der Waals surface area contributed by atoms with E-state index in [-0.39, 0.29) is 48.3 Å². The normalized spacial score (nSPS) is 14.6. The summed E-state index contributed by atoms with van der Waals surface area (Å²) in [5.41, 5.74) is 2.60. The van der Waals surface area contributed by atoms with Gasteiger partial charge in [-0.05, 0) is 51.5 Å². The highest BCUT2D eigenvalue weighted by Gasteiger charge is 2.32. The van der Waals surface area contributed by atoms with E-state index in [1.165, 1.54) is 4.90 Å². The van der Waals surface area contributed by atoms with Crippen molar-refractivity contribution < 1.29 is 19.2 Å². The SMILES string of the molecule is Cc1cc(C)n(C(C)C(=O)Nc2ccc(NC(=O)CCCN3C(=O)CN(C)C3=O)cc2Cl)n1. The molecule has 0 radical (unpaired) electrons. The lowest BCUT2D eigenvalue weighted by molar-refractivity contribution is -0.125. The molecule has 1 aliphatic heterocycles. The number of carbonyl (C=O) groups is 4. The number of hydrogen-bond donors (Lipinski definition) is 2. The van der Waals surface area contributed by atoms with Crippen LogP contribution in [0.4, 0.5) is 16.2 Å². The molecule has 0 aliphatic carbocycles. The molecule has 5 amide bonds. The van der Waals surface area contributed by atoms with Crippen molar-refractivity contribution in [3.8, 4) is 0 Å². The van der Waals surface area contributed by atoms with Crippen LogP contribution in [0.15, 0.2) is 24.3 Å². The first kappa shape index (κ1) is 24.2. The summed E-state index contributed by atoms with van der Waals surface area (Å²) >= 11 is 6.30. The van der Waals surface area contributed by atoms with Crippen molar-refractivity contribution in [2.24, 2.45) is 0 Å². The first-order valence-electron chi connectivity index (χ1n) is 10.5. The first-order valence-corrected chi connectivity index (χ1v) is 10.9. The summed E-state index contributed by atoms with van der Waals surface area (Å²) in [7, 11) is 1.56. The standard InChI is InChI=1S/C22H27ClN6O4/c1-13-10-14(2)29(26-13)15(3)21(32)25-18-8-7-16(11-17(18)23)24-19(30)6-5-9-28-20(31)12-27(4)22(28)33/h7-8,10-11,15H,5-6,9,12H2,1-4H3,(H,24,30)(H,25,32). The van der Waals surface area contributed by atoms with Crippen molar-refractivity contribution in [2.45, 2.75) is 39.7 Å². The van der Waals surface area contributed by atoms with Crippen LogP contribution in [0.3, 0.4) is 0 Å². The number of likely N-dealkylation sites (N-methyl/N-ethyl adjacent to an activating group) is 1. The van der Waals surface area contributed by atoms with Gasteiger partial charge in [-0.3, -0.25) is 24.0 Å². The number of nitrogens with zero attached hydrogens (tertiary/aromatic N) is 4. The molecule has 0 bridgehead atoms. The minimum absolute atomic E-state index is 0.0619. The highest BCUT2D eigenvalue weighted by Crippen LogP contribution is 2.27. The van der Waals surface area contributed by atoms with Crippen LogP contribution in [0, 0.1) is 13.8 Å². The third-order valence-electron chi connectivity index (χ3n) is 5.32. The van der Waals surface area contributed by atoms with Gasteiger partial charge >= 0.3 is 6.03 Å². The minimum atomic E-state index is -0.525. The summed E-state index contributed by atoms with van der Waals surface area (Å²) < 4.78 is 1.65. The molecule has 2 aromatic rings. The summed E-state index contributed by atoms with van der Waals surface area (Å²) in [6, 6.07) is 5.82. The predicted molar refractivity (Wildman–Crippen MR) is 124 cm³/mol. The van der Waals surface area contributed by atoms with Crippen molar-refractivity contribution in [3.05, 3.63) is 40.7 Å². The molecule has 1 saturated heterocycles. The Morgan fingerprint density at radius 2 is 1.91 bits per heavy atom. The minimum Gasteiger partial charge on any atom is -0.326 e. The number of nitrogens with one attached hydrogen (secondary N) is 2. The average Bonchev–Trinajstić information content (AvgIpc) is 3.20. The van der Waals surface area contributed by atoms with Gasteiger partial charge in [0.2, 0.25) is 17.7 Å². The molecule has 1 aromatic heterocycles. The molecular formula is C22H27ClN6O4. The molecule has 1 unspecified atom stereocenters. The van der Waals surface area contributed by atoms with Crippen LogP contribution >= 0.6 is 11.6 Å². The highest BCUT2D eigenvalue weighted by atomic mass is 35.5. The Balaban J connectivity index is 1.52. The van der Waals surface area contributed by atoms with Crippen LogP contribution in [0.5, 0.6) is 0 Å². The van der Waals surface area contributed by atoms with Gasteiger partial charge in [-0.1, -0.05) is 11.6 Å². The van der Waals surface area contributed by atoms with E-state index in [0.717, 1.165) is 16.3 Å². The maximum atomic E-state index is 12.6. The van der Waals surface area contributed by atoms with Crippen molar-refractivity contribution in [3.63, 3.8) is 0 Å². The van der Waals surface area contributed by atoms with Crippen molar-refractivity contribution in [2.75, 3.05) is 30.8 Å². The Morgan fingerprint density at radius 1 is 1.18 bits per heavy atom. The second kappa shape index (κ2) is 10.0. The summed E-state index contributed by atoms with van der Waals surface area (Å²) in [4.78, 5) is 51.0. The van der Waals surface area contributed by atoms with Crippen LogP contribution in [0.25, 0.3) is 0 Å². The molecule has 176 valence electrons. The summed E-state index contributed by atoms with van der Waals surface area (Å²) in [5, 5.41) is 10.1. The fourth-order valence-electron chi connectivity index (χ4n) is 3.59. The maximum absolute atomic E-state index is 12.6. The summed E-state index contributed by atoms with van der Waals surface area (Å²) in [6.45, 7) is 5.75. The zero-order valence-electron chi connectivity index (χ0n) is 19.0. The number of urea groups is 1. The monoisotopic (exact) mass is 474 g/mol. The predicted octanol–water partition coefficient (Wildman–Crippen LogP) is 2.97. The molecule has 2 N–H and O–H groups in total. The van der Waals surface area contributed by atoms with E-state index in [1.807, 2.05) is 19.9 Å². The van der Waals surface area contributed by atoms with Crippen LogP contribution < -0.4 is 10.6 Å². The van der Waals surface area contributed by atoms with Crippen molar-refractivity contribution in [1.29, 1.82) is 0 Å². The highest BCUT2D eigenvalue weighted by molar-refractivity contribution is 6.34. The third-order valence-corrected chi connectivity index (χ3v) is 5.63. The van der Waals surface area contributed by atoms with Crippen LogP contribution in [-0.2, 0) is 14.4 Å². The van der Waals surface area contributed by atoms with E-state index in [4.69, 9.17) is 11.6 Å². The first-order chi connectivity index (χ1) is 15.6. The molecule has 0 spiro atoms. The fraction of sp³-hybridized carbons (Fsp3) is 0.409. The number of anilines is 2. The van der Waals surface area contributed by atoms with Gasteiger partial charge in [0.05, 0.1) is 16.4 Å². The molecule has 2 heterocycles. The number of aryl methyl sites for hydroxylation is 2. The molecule has 1 aliphatic rings. The van der Waals surface area contributed by atoms with Crippen LogP contribution in [0.2, 0.25) is 5.02 Å². The summed E-state index contributed by atoms with van der Waals surface area (Å²) in [5.74, 6) is -0.801. The molecule has 11 heteroatoms. The Bertz CT molecular complexity index is 1100. The lowest BCUT2D eigenvalue weighted by Gasteiger charge is -2.16. The number of hydrogen-bond acceptors (Lipinski definition) is 5. The maximum Gasteiger partial charge on any atom is 0.326 e.